The van der Waals surface area contributed by atoms with Gasteiger partial charge in [0, 0.05) is 24.7 Å². The highest BCUT2D eigenvalue weighted by Gasteiger charge is 2.73. The van der Waals surface area contributed by atoms with Crippen molar-refractivity contribution in [2.24, 2.45) is 0 Å². The van der Waals surface area contributed by atoms with Gasteiger partial charge in [0.05, 0.1) is 10.5 Å². The third kappa shape index (κ3) is 4.95. The molecule has 5 rings (SSSR count). The third-order valence-corrected chi connectivity index (χ3v) is 11.1. The molecule has 1 saturated heterocycles. The summed E-state index contributed by atoms with van der Waals surface area (Å²) in [5.74, 6) is -1.91. The zero-order valence-corrected chi connectivity index (χ0v) is 23.5. The van der Waals surface area contributed by atoms with E-state index in [2.05, 4.69) is 0 Å². The molecule has 5 nitrogen and oxygen atoms in total. The lowest BCUT2D eigenvalue weighted by molar-refractivity contribution is -0.348. The highest BCUT2D eigenvalue weighted by atomic mass is 32.2. The van der Waals surface area contributed by atoms with Crippen LogP contribution >= 0.6 is 0 Å². The molecule has 0 unspecified atom stereocenters. The highest BCUT2D eigenvalue weighted by Crippen LogP contribution is 2.56. The molecule has 1 aliphatic carbocycles. The van der Waals surface area contributed by atoms with E-state index in [0.717, 1.165) is 30.3 Å². The Labute approximate surface area is 247 Å². The number of hydrogen-bond donors (Lipinski definition) is 1. The van der Waals surface area contributed by atoms with Gasteiger partial charge in [0.15, 0.2) is 9.84 Å². The number of rotatable bonds is 6. The molecule has 1 fully saturated rings. The van der Waals surface area contributed by atoms with Gasteiger partial charge in [-0.15, -0.1) is 0 Å². The minimum atomic E-state index is -6.35. The fourth-order valence-electron chi connectivity index (χ4n) is 6.57. The molecule has 3 aromatic rings. The number of hydrogen-bond acceptors (Lipinski definition) is 4. The first kappa shape index (κ1) is 31.9. The molecule has 0 spiro atoms. The van der Waals surface area contributed by atoms with Crippen LogP contribution in [0.1, 0.15) is 51.9 Å². The lowest BCUT2D eigenvalue weighted by Gasteiger charge is -2.38. The van der Waals surface area contributed by atoms with Crippen molar-refractivity contribution >= 4 is 15.8 Å². The molecule has 14 heteroatoms. The Morgan fingerprint density at radius 1 is 0.932 bits per heavy atom. The molecule has 2 atom stereocenters. The SMILES string of the molecule is O=C(O)c1cccc(CN2CC[C@]3(S(=O)(=O)c4ccc(F)cc4)c4ccc(C(F)(C(F)(F)F)C(F)(F)F)cc4CCC[C@H]23)c1. The molecule has 3 aromatic carbocycles. The molecular formula is C30H25F8NO4S. The van der Waals surface area contributed by atoms with Gasteiger partial charge in [-0.1, -0.05) is 30.3 Å². The summed E-state index contributed by atoms with van der Waals surface area (Å²) in [6.07, 6.45) is -12.7. The molecule has 44 heavy (non-hydrogen) atoms. The second-order valence-corrected chi connectivity index (χ2v) is 13.2. The van der Waals surface area contributed by atoms with E-state index in [-0.39, 0.29) is 60.4 Å². The lowest BCUT2D eigenvalue weighted by atomic mass is 9.84. The second kappa shape index (κ2) is 10.8. The predicted octanol–water partition coefficient (Wildman–Crippen LogP) is 7.09. The van der Waals surface area contributed by atoms with Crippen molar-refractivity contribution < 1.29 is 53.4 Å². The average molecular weight is 648 g/mol. The first-order chi connectivity index (χ1) is 20.4. The second-order valence-electron chi connectivity index (χ2n) is 11.0. The highest BCUT2D eigenvalue weighted by molar-refractivity contribution is 7.92. The Morgan fingerprint density at radius 2 is 1.59 bits per heavy atom. The number of likely N-dealkylation sites (tertiary alicyclic amines) is 1. The zero-order chi connectivity index (χ0) is 32.3. The molecule has 0 radical (unpaired) electrons. The van der Waals surface area contributed by atoms with Crippen molar-refractivity contribution in [2.75, 3.05) is 6.54 Å². The average Bonchev–Trinajstić information content (AvgIpc) is 3.21. The largest absolute Gasteiger partial charge is 0.478 e. The van der Waals surface area contributed by atoms with E-state index in [1.807, 2.05) is 0 Å². The van der Waals surface area contributed by atoms with Crippen molar-refractivity contribution in [1.82, 2.24) is 4.90 Å². The Hall–Kier alpha value is -3.52. The Bertz CT molecular complexity index is 1670. The molecule has 0 amide bonds. The van der Waals surface area contributed by atoms with Crippen molar-refractivity contribution in [2.45, 2.75) is 65.9 Å². The molecule has 0 saturated carbocycles. The maximum atomic E-state index is 15.0. The number of carbonyl (C=O) groups is 1. The summed E-state index contributed by atoms with van der Waals surface area (Å²) in [6, 6.07) is 10.7. The van der Waals surface area contributed by atoms with Crippen LogP contribution in [0.2, 0.25) is 0 Å². The minimum absolute atomic E-state index is 0.00493. The quantitative estimate of drug-likeness (QED) is 0.229. The van der Waals surface area contributed by atoms with Crippen LogP contribution in [0.25, 0.3) is 0 Å². The number of alkyl halides is 7. The van der Waals surface area contributed by atoms with Gasteiger partial charge in [0.1, 0.15) is 10.6 Å². The summed E-state index contributed by atoms with van der Waals surface area (Å²) in [5.41, 5.74) is -7.08. The van der Waals surface area contributed by atoms with Crippen LogP contribution in [-0.4, -0.2) is 49.3 Å². The number of carboxylic acids is 1. The number of sulfone groups is 1. The molecule has 0 aromatic heterocycles. The summed E-state index contributed by atoms with van der Waals surface area (Å²) < 4.78 is 138. The summed E-state index contributed by atoms with van der Waals surface area (Å²) in [7, 11) is -4.51. The van der Waals surface area contributed by atoms with E-state index in [1.165, 1.54) is 18.2 Å². The maximum absolute atomic E-state index is 15.0. The standard InChI is InChI=1S/C30H25F8NO4S/c31-22-8-10-23(11-9-22)44(42,43)27-13-14-39(17-18-3-1-5-20(15-18)26(40)41)25(27)6-2-4-19-16-21(7-12-24(19)27)28(32,29(33,34)35)30(36,37)38/h1,3,5,7-12,15-16,25H,2,4,6,13-14,17H2,(H,40,41)/t25-,27-/m0/s1. The van der Waals surface area contributed by atoms with E-state index in [0.29, 0.717) is 17.7 Å². The van der Waals surface area contributed by atoms with Gasteiger partial charge in [-0.25, -0.2) is 22.0 Å². The monoisotopic (exact) mass is 647 g/mol. The van der Waals surface area contributed by atoms with Crippen LogP contribution < -0.4 is 0 Å². The summed E-state index contributed by atoms with van der Waals surface area (Å²) in [5, 5.41) is 9.39. The number of halogens is 8. The van der Waals surface area contributed by atoms with E-state index >= 15 is 4.39 Å². The number of aromatic carboxylic acids is 1. The van der Waals surface area contributed by atoms with Crippen LogP contribution in [0.15, 0.2) is 71.6 Å². The van der Waals surface area contributed by atoms with E-state index < -0.39 is 56.0 Å². The van der Waals surface area contributed by atoms with Crippen LogP contribution in [0.5, 0.6) is 0 Å². The van der Waals surface area contributed by atoms with E-state index in [1.54, 1.807) is 11.0 Å². The van der Waals surface area contributed by atoms with Crippen molar-refractivity contribution in [3.63, 3.8) is 0 Å². The number of fused-ring (bicyclic) bond motifs is 3. The first-order valence-corrected chi connectivity index (χ1v) is 14.9. The smallest absolute Gasteiger partial charge is 0.435 e. The van der Waals surface area contributed by atoms with Gasteiger partial charge >= 0.3 is 24.0 Å². The third-order valence-electron chi connectivity index (χ3n) is 8.58. The van der Waals surface area contributed by atoms with Crippen LogP contribution in [0, 0.1) is 5.82 Å². The molecule has 1 N–H and O–H groups in total. The van der Waals surface area contributed by atoms with Gasteiger partial charge in [-0.3, -0.25) is 4.90 Å². The predicted molar refractivity (Wildman–Crippen MR) is 142 cm³/mol. The molecule has 2 aliphatic rings. The van der Waals surface area contributed by atoms with Crippen LogP contribution in [0.3, 0.4) is 0 Å². The fourth-order valence-corrected chi connectivity index (χ4v) is 8.96. The van der Waals surface area contributed by atoms with Gasteiger partial charge in [0.2, 0.25) is 0 Å². The summed E-state index contributed by atoms with van der Waals surface area (Å²) in [6.45, 7) is 0.206. The first-order valence-electron chi connectivity index (χ1n) is 13.5. The van der Waals surface area contributed by atoms with Gasteiger partial charge in [-0.2, -0.15) is 26.3 Å². The van der Waals surface area contributed by atoms with E-state index in [9.17, 15) is 49.1 Å². The fraction of sp³-hybridized carbons (Fsp3) is 0.367. The van der Waals surface area contributed by atoms with E-state index in [4.69, 9.17) is 0 Å². The van der Waals surface area contributed by atoms with Crippen LogP contribution in [0.4, 0.5) is 35.1 Å². The Kier molecular flexibility index (Phi) is 7.85. The molecular weight excluding hydrogens is 622 g/mol. The van der Waals surface area contributed by atoms with Gasteiger partial charge in [-0.05, 0) is 78.8 Å². The van der Waals surface area contributed by atoms with Crippen molar-refractivity contribution in [3.05, 3.63) is 100 Å². The molecule has 1 aliphatic heterocycles. The Morgan fingerprint density at radius 3 is 2.20 bits per heavy atom. The number of benzene rings is 3. The number of nitrogens with zero attached hydrogens (tertiary/aromatic N) is 1. The lowest BCUT2D eigenvalue weighted by Crippen LogP contribution is -2.50. The zero-order valence-electron chi connectivity index (χ0n) is 22.7. The maximum Gasteiger partial charge on any atom is 0.435 e. The number of aryl methyl sites for hydroxylation is 1. The summed E-state index contributed by atoms with van der Waals surface area (Å²) >= 11 is 0. The minimum Gasteiger partial charge on any atom is -0.478 e. The normalized spacial score (nSPS) is 21.4. The molecule has 1 heterocycles. The van der Waals surface area contributed by atoms with Gasteiger partial charge < -0.3 is 5.11 Å². The molecule has 236 valence electrons. The van der Waals surface area contributed by atoms with Crippen LogP contribution in [-0.2, 0) is 33.2 Å². The Balaban J connectivity index is 1.70. The topological polar surface area (TPSA) is 74.7 Å². The van der Waals surface area contributed by atoms with Crippen molar-refractivity contribution in [1.29, 1.82) is 0 Å². The van der Waals surface area contributed by atoms with Gasteiger partial charge in [0.25, 0.3) is 0 Å². The molecule has 0 bridgehead atoms. The number of carboxylic acid groups (broad SMARTS) is 1. The van der Waals surface area contributed by atoms with Crippen molar-refractivity contribution in [3.8, 4) is 0 Å². The summed E-state index contributed by atoms with van der Waals surface area (Å²) in [4.78, 5) is 13.0.